The molecule has 0 saturated carbocycles. The van der Waals surface area contributed by atoms with Gasteiger partial charge in [0, 0.05) is 51.0 Å². The van der Waals surface area contributed by atoms with Crippen LogP contribution in [0.5, 0.6) is 0 Å². The number of anilines is 3. The number of nitro groups is 1. The molecule has 2 aromatic rings. The van der Waals surface area contributed by atoms with Gasteiger partial charge in [-0.2, -0.15) is 4.31 Å². The van der Waals surface area contributed by atoms with E-state index in [1.807, 2.05) is 4.90 Å². The molecule has 2 heterocycles. The molecule has 0 N–H and O–H groups in total. The van der Waals surface area contributed by atoms with Crippen molar-refractivity contribution in [3.63, 3.8) is 0 Å². The Hall–Kier alpha value is -2.59. The summed E-state index contributed by atoms with van der Waals surface area (Å²) in [5.74, 6) is 0.493. The zero-order valence-electron chi connectivity index (χ0n) is 14.5. The van der Waals surface area contributed by atoms with E-state index in [4.69, 9.17) is 4.42 Å². The van der Waals surface area contributed by atoms with Gasteiger partial charge in [0.05, 0.1) is 17.4 Å². The fourth-order valence-electron chi connectivity index (χ4n) is 2.99. The van der Waals surface area contributed by atoms with Gasteiger partial charge in [0.1, 0.15) is 5.69 Å². The van der Waals surface area contributed by atoms with Gasteiger partial charge >= 0.3 is 0 Å². The molecule has 0 aliphatic carbocycles. The second kappa shape index (κ2) is 6.96. The smallest absolute Gasteiger partial charge is 0.293 e. The first-order chi connectivity index (χ1) is 12.3. The first-order valence-electron chi connectivity index (χ1n) is 8.03. The minimum atomic E-state index is -3.20. The van der Waals surface area contributed by atoms with E-state index in [1.165, 1.54) is 22.9 Å². The molecule has 0 bridgehead atoms. The number of benzene rings is 1. The fraction of sp³-hybridized carbons (Fsp3) is 0.375. The predicted molar refractivity (Wildman–Crippen MR) is 98.5 cm³/mol. The van der Waals surface area contributed by atoms with Gasteiger partial charge < -0.3 is 14.2 Å². The van der Waals surface area contributed by atoms with Crippen molar-refractivity contribution < 1.29 is 17.8 Å². The average molecular weight is 380 g/mol. The monoisotopic (exact) mass is 380 g/mol. The molecule has 1 saturated heterocycles. The molecule has 0 unspecified atom stereocenters. The molecular weight excluding hydrogens is 360 g/mol. The topological polar surface area (TPSA) is 100 Å². The van der Waals surface area contributed by atoms with Crippen molar-refractivity contribution in [2.24, 2.45) is 0 Å². The van der Waals surface area contributed by atoms with E-state index in [1.54, 1.807) is 36.2 Å². The highest BCUT2D eigenvalue weighted by Gasteiger charge is 2.26. The first-order valence-corrected chi connectivity index (χ1v) is 9.88. The Morgan fingerprint density at radius 2 is 1.88 bits per heavy atom. The van der Waals surface area contributed by atoms with Crippen molar-refractivity contribution in [1.82, 2.24) is 4.31 Å². The van der Waals surface area contributed by atoms with E-state index in [2.05, 4.69) is 0 Å². The lowest BCUT2D eigenvalue weighted by molar-refractivity contribution is -0.384. The highest BCUT2D eigenvalue weighted by Crippen LogP contribution is 2.36. The van der Waals surface area contributed by atoms with Crippen LogP contribution >= 0.6 is 0 Å². The third-order valence-electron chi connectivity index (χ3n) is 4.43. The predicted octanol–water partition coefficient (Wildman–Crippen LogP) is 2.04. The van der Waals surface area contributed by atoms with Gasteiger partial charge in [-0.15, -0.1) is 0 Å². The van der Waals surface area contributed by atoms with Crippen LogP contribution < -0.4 is 9.80 Å². The standard InChI is InChI=1S/C16H20N4O5S/c1-17(16-4-3-11-25-16)15-12-13(5-6-14(15)20(21)22)18-7-9-19(10-8-18)26(2,23)24/h3-6,11-12H,7-10H2,1-2H3. The van der Waals surface area contributed by atoms with Gasteiger partial charge in [-0.3, -0.25) is 10.1 Å². The molecule has 9 nitrogen and oxygen atoms in total. The second-order valence-corrected chi connectivity index (χ2v) is 8.07. The number of sulfonamides is 1. The van der Waals surface area contributed by atoms with Crippen LogP contribution in [-0.4, -0.2) is 57.1 Å². The number of hydrogen-bond donors (Lipinski definition) is 0. The maximum absolute atomic E-state index is 11.6. The van der Waals surface area contributed by atoms with Crippen LogP contribution in [0.2, 0.25) is 0 Å². The lowest BCUT2D eigenvalue weighted by atomic mass is 10.2. The van der Waals surface area contributed by atoms with E-state index in [9.17, 15) is 18.5 Å². The van der Waals surface area contributed by atoms with Crippen molar-refractivity contribution in [3.8, 4) is 0 Å². The number of furan rings is 1. The number of piperazine rings is 1. The van der Waals surface area contributed by atoms with Crippen LogP contribution in [0, 0.1) is 10.1 Å². The lowest BCUT2D eigenvalue weighted by Gasteiger charge is -2.35. The molecule has 1 aliphatic rings. The lowest BCUT2D eigenvalue weighted by Crippen LogP contribution is -2.48. The van der Waals surface area contributed by atoms with Crippen molar-refractivity contribution in [3.05, 3.63) is 46.7 Å². The molecule has 1 aliphatic heterocycles. The van der Waals surface area contributed by atoms with Gasteiger partial charge in [-0.25, -0.2) is 8.42 Å². The highest BCUT2D eigenvalue weighted by atomic mass is 32.2. The molecule has 140 valence electrons. The van der Waals surface area contributed by atoms with Crippen molar-refractivity contribution in [2.75, 3.05) is 49.3 Å². The molecule has 1 fully saturated rings. The van der Waals surface area contributed by atoms with Crippen LogP contribution in [0.3, 0.4) is 0 Å². The van der Waals surface area contributed by atoms with Gasteiger partial charge in [-0.1, -0.05) is 0 Å². The molecule has 26 heavy (non-hydrogen) atoms. The van der Waals surface area contributed by atoms with Crippen molar-refractivity contribution in [1.29, 1.82) is 0 Å². The van der Waals surface area contributed by atoms with Gasteiger partial charge in [0.15, 0.2) is 5.88 Å². The summed E-state index contributed by atoms with van der Waals surface area (Å²) in [6.45, 7) is 1.82. The Kier molecular flexibility index (Phi) is 4.88. The Bertz CT molecular complexity index is 889. The Labute approximate surface area is 151 Å². The summed E-state index contributed by atoms with van der Waals surface area (Å²) in [6, 6.07) is 8.32. The number of nitrogens with zero attached hydrogens (tertiary/aromatic N) is 4. The van der Waals surface area contributed by atoms with Crippen LogP contribution in [-0.2, 0) is 10.0 Å². The summed E-state index contributed by atoms with van der Waals surface area (Å²) >= 11 is 0. The summed E-state index contributed by atoms with van der Waals surface area (Å²) < 4.78 is 30.1. The van der Waals surface area contributed by atoms with Crippen molar-refractivity contribution >= 4 is 33.0 Å². The minimum absolute atomic E-state index is 0.0255. The first kappa shape index (κ1) is 18.2. The average Bonchev–Trinajstić information content (AvgIpc) is 3.14. The Morgan fingerprint density at radius 1 is 1.19 bits per heavy atom. The van der Waals surface area contributed by atoms with Crippen LogP contribution in [0.1, 0.15) is 0 Å². The van der Waals surface area contributed by atoms with E-state index in [0.29, 0.717) is 37.8 Å². The highest BCUT2D eigenvalue weighted by molar-refractivity contribution is 7.88. The van der Waals surface area contributed by atoms with Crippen LogP contribution in [0.4, 0.5) is 22.9 Å². The molecule has 10 heteroatoms. The van der Waals surface area contributed by atoms with Crippen LogP contribution in [0.25, 0.3) is 0 Å². The largest absolute Gasteiger partial charge is 0.448 e. The molecule has 0 spiro atoms. The molecule has 1 aromatic heterocycles. The molecule has 0 radical (unpaired) electrons. The Balaban J connectivity index is 1.88. The Morgan fingerprint density at radius 3 is 2.42 bits per heavy atom. The quantitative estimate of drug-likeness (QED) is 0.578. The van der Waals surface area contributed by atoms with Gasteiger partial charge in [0.25, 0.3) is 5.69 Å². The van der Waals surface area contributed by atoms with E-state index < -0.39 is 14.9 Å². The molecule has 1 aromatic carbocycles. The third-order valence-corrected chi connectivity index (χ3v) is 5.73. The van der Waals surface area contributed by atoms with E-state index in [0.717, 1.165) is 5.69 Å². The zero-order chi connectivity index (χ0) is 18.9. The number of rotatable bonds is 5. The van der Waals surface area contributed by atoms with E-state index >= 15 is 0 Å². The van der Waals surface area contributed by atoms with Crippen molar-refractivity contribution in [2.45, 2.75) is 0 Å². The molecule has 0 atom stereocenters. The number of nitro benzene ring substituents is 1. The maximum atomic E-state index is 11.6. The second-order valence-electron chi connectivity index (χ2n) is 6.09. The SMILES string of the molecule is CN(c1ccco1)c1cc(N2CCN(S(C)(=O)=O)CC2)ccc1[N+](=O)[O-]. The summed E-state index contributed by atoms with van der Waals surface area (Å²) in [6.07, 6.45) is 2.71. The summed E-state index contributed by atoms with van der Waals surface area (Å²) in [5.41, 5.74) is 1.19. The molecule has 3 rings (SSSR count). The fourth-order valence-corrected chi connectivity index (χ4v) is 3.82. The van der Waals surface area contributed by atoms with Gasteiger partial charge in [-0.05, 0) is 18.2 Å². The zero-order valence-corrected chi connectivity index (χ0v) is 15.3. The maximum Gasteiger partial charge on any atom is 0.293 e. The molecule has 0 amide bonds. The summed E-state index contributed by atoms with van der Waals surface area (Å²) in [7, 11) is -1.50. The molecular formula is C16H20N4O5S. The van der Waals surface area contributed by atoms with Gasteiger partial charge in [0.2, 0.25) is 10.0 Å². The van der Waals surface area contributed by atoms with Crippen LogP contribution in [0.15, 0.2) is 41.0 Å². The minimum Gasteiger partial charge on any atom is -0.448 e. The van der Waals surface area contributed by atoms with E-state index in [-0.39, 0.29) is 5.69 Å². The summed E-state index contributed by atoms with van der Waals surface area (Å²) in [4.78, 5) is 14.6. The normalized spacial score (nSPS) is 15.8. The number of hydrogen-bond acceptors (Lipinski definition) is 7. The third kappa shape index (κ3) is 3.65. The summed E-state index contributed by atoms with van der Waals surface area (Å²) in [5, 5.41) is 11.4.